The standard InChI is InChI=1S/C24H29N3O2S2/c1-3-4-5-16-29-19-9-6-8-18(17-19)23(28)26-12-14-27(15-13-26)24-25-22-20(30-2)10-7-11-21(22)31-24/h6-11,17H,3-5,12-16H2,1-2H3. The van der Waals surface area contributed by atoms with Crippen molar-refractivity contribution in [3.63, 3.8) is 0 Å². The average Bonchev–Trinajstić information content (AvgIpc) is 3.26. The number of carbonyl (C=O) groups is 1. The van der Waals surface area contributed by atoms with Gasteiger partial charge in [0, 0.05) is 36.6 Å². The van der Waals surface area contributed by atoms with Gasteiger partial charge in [0.25, 0.3) is 5.91 Å². The number of fused-ring (bicyclic) bond motifs is 1. The van der Waals surface area contributed by atoms with Gasteiger partial charge in [0.15, 0.2) is 5.13 Å². The quantitative estimate of drug-likeness (QED) is 0.329. The molecule has 0 N–H and O–H groups in total. The topological polar surface area (TPSA) is 45.7 Å². The second-order valence-corrected chi connectivity index (χ2v) is 9.52. The second kappa shape index (κ2) is 10.4. The van der Waals surface area contributed by atoms with Crippen molar-refractivity contribution in [2.75, 3.05) is 43.9 Å². The van der Waals surface area contributed by atoms with Gasteiger partial charge in [-0.15, -0.1) is 11.8 Å². The number of piperazine rings is 1. The van der Waals surface area contributed by atoms with E-state index in [-0.39, 0.29) is 5.91 Å². The van der Waals surface area contributed by atoms with E-state index in [4.69, 9.17) is 9.72 Å². The fraction of sp³-hybridized carbons (Fsp3) is 0.417. The summed E-state index contributed by atoms with van der Waals surface area (Å²) in [5.74, 6) is 0.854. The normalized spacial score (nSPS) is 14.3. The van der Waals surface area contributed by atoms with Crippen LogP contribution in [-0.4, -0.2) is 54.8 Å². The smallest absolute Gasteiger partial charge is 0.254 e. The summed E-state index contributed by atoms with van der Waals surface area (Å²) in [7, 11) is 0. The van der Waals surface area contributed by atoms with Crippen LogP contribution in [0.3, 0.4) is 0 Å². The van der Waals surface area contributed by atoms with Gasteiger partial charge in [0.1, 0.15) is 5.75 Å². The molecule has 0 saturated carbocycles. The molecule has 2 aromatic carbocycles. The van der Waals surface area contributed by atoms with Gasteiger partial charge in [-0.2, -0.15) is 0 Å². The van der Waals surface area contributed by atoms with Crippen molar-refractivity contribution in [2.24, 2.45) is 0 Å². The number of rotatable bonds is 8. The number of benzene rings is 2. The molecule has 1 aromatic heterocycles. The van der Waals surface area contributed by atoms with Gasteiger partial charge in [-0.1, -0.05) is 43.2 Å². The van der Waals surface area contributed by atoms with Crippen molar-refractivity contribution in [1.29, 1.82) is 0 Å². The third-order valence-corrected chi connectivity index (χ3v) is 7.38. The molecule has 0 atom stereocenters. The van der Waals surface area contributed by atoms with Crippen LogP contribution in [0.4, 0.5) is 5.13 Å². The number of thioether (sulfide) groups is 1. The number of carbonyl (C=O) groups excluding carboxylic acids is 1. The molecule has 0 unspecified atom stereocenters. The molecule has 1 amide bonds. The van der Waals surface area contributed by atoms with Crippen LogP contribution in [-0.2, 0) is 0 Å². The summed E-state index contributed by atoms with van der Waals surface area (Å²) in [6.45, 7) is 5.88. The number of anilines is 1. The Morgan fingerprint density at radius 3 is 2.71 bits per heavy atom. The number of unbranched alkanes of at least 4 members (excludes halogenated alkanes) is 2. The van der Waals surface area contributed by atoms with Crippen LogP contribution in [0, 0.1) is 0 Å². The van der Waals surface area contributed by atoms with Crippen molar-refractivity contribution in [1.82, 2.24) is 9.88 Å². The van der Waals surface area contributed by atoms with Crippen molar-refractivity contribution in [3.8, 4) is 5.75 Å². The largest absolute Gasteiger partial charge is 0.494 e. The summed E-state index contributed by atoms with van der Waals surface area (Å²) >= 11 is 3.46. The summed E-state index contributed by atoms with van der Waals surface area (Å²) in [5.41, 5.74) is 1.79. The van der Waals surface area contributed by atoms with Crippen molar-refractivity contribution in [3.05, 3.63) is 48.0 Å². The summed E-state index contributed by atoms with van der Waals surface area (Å²) in [5, 5.41) is 1.05. The highest BCUT2D eigenvalue weighted by Crippen LogP contribution is 2.34. The van der Waals surface area contributed by atoms with Crippen LogP contribution in [0.15, 0.2) is 47.4 Å². The van der Waals surface area contributed by atoms with E-state index >= 15 is 0 Å². The first-order chi connectivity index (χ1) is 15.2. The minimum atomic E-state index is 0.0765. The van der Waals surface area contributed by atoms with E-state index in [1.165, 1.54) is 16.0 Å². The Morgan fingerprint density at radius 2 is 1.94 bits per heavy atom. The first-order valence-corrected chi connectivity index (χ1v) is 12.9. The second-order valence-electron chi connectivity index (χ2n) is 7.67. The third kappa shape index (κ3) is 5.15. The molecular formula is C24H29N3O2S2. The molecule has 0 spiro atoms. The van der Waals surface area contributed by atoms with Gasteiger partial charge in [0.05, 0.1) is 16.8 Å². The number of hydrogen-bond acceptors (Lipinski definition) is 6. The fourth-order valence-electron chi connectivity index (χ4n) is 3.76. The Balaban J connectivity index is 1.37. The Kier molecular flexibility index (Phi) is 7.35. The Morgan fingerprint density at radius 1 is 1.13 bits per heavy atom. The van der Waals surface area contributed by atoms with Crippen LogP contribution < -0.4 is 9.64 Å². The van der Waals surface area contributed by atoms with Crippen molar-refractivity contribution >= 4 is 44.4 Å². The zero-order valence-corrected chi connectivity index (χ0v) is 19.8. The molecule has 0 aliphatic carbocycles. The fourth-order valence-corrected chi connectivity index (χ4v) is 5.43. The molecule has 0 bridgehead atoms. The number of hydrogen-bond donors (Lipinski definition) is 0. The maximum Gasteiger partial charge on any atom is 0.254 e. The zero-order chi connectivity index (χ0) is 21.6. The first kappa shape index (κ1) is 22.0. The van der Waals surface area contributed by atoms with Gasteiger partial charge in [-0.25, -0.2) is 4.98 Å². The zero-order valence-electron chi connectivity index (χ0n) is 18.2. The monoisotopic (exact) mass is 455 g/mol. The summed E-state index contributed by atoms with van der Waals surface area (Å²) in [6, 6.07) is 13.9. The molecule has 1 fully saturated rings. The number of para-hydroxylation sites is 1. The van der Waals surface area contributed by atoms with Crippen molar-refractivity contribution in [2.45, 2.75) is 31.1 Å². The Labute approximate surface area is 192 Å². The average molecular weight is 456 g/mol. The summed E-state index contributed by atoms with van der Waals surface area (Å²) < 4.78 is 7.04. The number of ether oxygens (including phenoxy) is 1. The molecule has 31 heavy (non-hydrogen) atoms. The first-order valence-electron chi connectivity index (χ1n) is 10.9. The highest BCUT2D eigenvalue weighted by Gasteiger charge is 2.24. The molecule has 1 aliphatic heterocycles. The number of aromatic nitrogens is 1. The third-order valence-electron chi connectivity index (χ3n) is 5.53. The lowest BCUT2D eigenvalue weighted by Crippen LogP contribution is -2.48. The lowest BCUT2D eigenvalue weighted by Gasteiger charge is -2.34. The maximum atomic E-state index is 13.0. The van der Waals surface area contributed by atoms with E-state index in [1.54, 1.807) is 23.1 Å². The Hall–Kier alpha value is -2.25. The maximum absolute atomic E-state index is 13.0. The van der Waals surface area contributed by atoms with E-state index in [1.807, 2.05) is 29.2 Å². The molecule has 1 saturated heterocycles. The molecule has 7 heteroatoms. The Bertz CT molecular complexity index is 1030. The van der Waals surface area contributed by atoms with Crippen LogP contribution >= 0.6 is 23.1 Å². The van der Waals surface area contributed by atoms with Crippen molar-refractivity contribution < 1.29 is 9.53 Å². The molecule has 5 nitrogen and oxygen atoms in total. The number of thiazole rings is 1. The highest BCUT2D eigenvalue weighted by molar-refractivity contribution is 7.98. The minimum absolute atomic E-state index is 0.0765. The van der Waals surface area contributed by atoms with Crippen LogP contribution in [0.1, 0.15) is 36.5 Å². The van der Waals surface area contributed by atoms with E-state index in [0.29, 0.717) is 25.3 Å². The summed E-state index contributed by atoms with van der Waals surface area (Å²) in [4.78, 5) is 23.4. The molecule has 1 aliphatic rings. The molecule has 0 radical (unpaired) electrons. The molecule has 4 rings (SSSR count). The van der Waals surface area contributed by atoms with E-state index < -0.39 is 0 Å². The van der Waals surface area contributed by atoms with Gasteiger partial charge in [-0.3, -0.25) is 4.79 Å². The van der Waals surface area contributed by atoms with Gasteiger partial charge in [0.2, 0.25) is 0 Å². The number of nitrogens with zero attached hydrogens (tertiary/aromatic N) is 3. The van der Waals surface area contributed by atoms with E-state index in [0.717, 1.165) is 42.3 Å². The van der Waals surface area contributed by atoms with Gasteiger partial charge >= 0.3 is 0 Å². The SMILES string of the molecule is CCCCCOc1cccc(C(=O)N2CCN(c3nc4c(SC)cccc4s3)CC2)c1. The van der Waals surface area contributed by atoms with E-state index in [9.17, 15) is 4.79 Å². The predicted octanol–water partition coefficient (Wildman–Crippen LogP) is 5.55. The summed E-state index contributed by atoms with van der Waals surface area (Å²) in [6.07, 6.45) is 5.46. The molecule has 164 valence electrons. The van der Waals surface area contributed by atoms with E-state index in [2.05, 4.69) is 36.3 Å². The van der Waals surface area contributed by atoms with Gasteiger partial charge in [-0.05, 0) is 43.0 Å². The van der Waals surface area contributed by atoms with Crippen LogP contribution in [0.5, 0.6) is 5.75 Å². The minimum Gasteiger partial charge on any atom is -0.494 e. The lowest BCUT2D eigenvalue weighted by molar-refractivity contribution is 0.0746. The number of amides is 1. The molecule has 2 heterocycles. The van der Waals surface area contributed by atoms with Crippen LogP contribution in [0.2, 0.25) is 0 Å². The molecule has 3 aromatic rings. The molecular weight excluding hydrogens is 426 g/mol. The van der Waals surface area contributed by atoms with Gasteiger partial charge < -0.3 is 14.5 Å². The van der Waals surface area contributed by atoms with Crippen LogP contribution in [0.25, 0.3) is 10.2 Å². The lowest BCUT2D eigenvalue weighted by atomic mass is 10.1. The highest BCUT2D eigenvalue weighted by atomic mass is 32.2. The predicted molar refractivity (Wildman–Crippen MR) is 131 cm³/mol.